The van der Waals surface area contributed by atoms with Crippen LogP contribution < -0.4 is 5.32 Å². The first-order valence-electron chi connectivity index (χ1n) is 8.05. The van der Waals surface area contributed by atoms with Crippen LogP contribution >= 0.6 is 46.6 Å². The van der Waals surface area contributed by atoms with Crippen molar-refractivity contribution in [2.45, 2.75) is 4.90 Å². The summed E-state index contributed by atoms with van der Waals surface area (Å²) in [5, 5.41) is 16.7. The number of hydrogen-bond donors (Lipinski definition) is 1. The summed E-state index contributed by atoms with van der Waals surface area (Å²) in [5.74, 6) is 0. The Hall–Kier alpha value is -2.18. The van der Waals surface area contributed by atoms with E-state index in [1.54, 1.807) is 0 Å². The normalized spacial score (nSPS) is 11.7. The number of nitrogens with one attached hydrogen (secondary N) is 1. The van der Waals surface area contributed by atoms with E-state index in [0.717, 1.165) is 15.7 Å². The van der Waals surface area contributed by atoms with E-state index in [1.807, 2.05) is 72.8 Å². The molecule has 0 bridgehead atoms. The van der Waals surface area contributed by atoms with Gasteiger partial charge in [-0.1, -0.05) is 101 Å². The van der Waals surface area contributed by atoms with Gasteiger partial charge in [0, 0.05) is 16.0 Å². The number of benzene rings is 3. The molecule has 0 saturated carbocycles. The Morgan fingerprint density at radius 2 is 1.54 bits per heavy atom. The molecule has 0 atom stereocenters. The van der Waals surface area contributed by atoms with Crippen LogP contribution in [0.4, 0.5) is 5.69 Å². The molecule has 3 aromatic rings. The largest absolute Gasteiger partial charge is 0.344 e. The van der Waals surface area contributed by atoms with Gasteiger partial charge in [-0.2, -0.15) is 0 Å². The Morgan fingerprint density at radius 1 is 0.893 bits per heavy atom. The van der Waals surface area contributed by atoms with Gasteiger partial charge in [-0.05, 0) is 23.6 Å². The Kier molecular flexibility index (Phi) is 6.86. The Labute approximate surface area is 180 Å². The van der Waals surface area contributed by atoms with E-state index in [1.165, 1.54) is 11.8 Å². The molecule has 0 saturated heterocycles. The van der Waals surface area contributed by atoms with Crippen molar-refractivity contribution in [3.8, 4) is 0 Å². The molecular formula is C20H13Cl3N2O2S. The van der Waals surface area contributed by atoms with Gasteiger partial charge in [0.05, 0.1) is 4.92 Å². The second kappa shape index (κ2) is 9.34. The third kappa shape index (κ3) is 4.80. The minimum atomic E-state index is -0.601. The lowest BCUT2D eigenvalue weighted by Gasteiger charge is -2.14. The third-order valence-corrected chi connectivity index (χ3v) is 5.72. The van der Waals surface area contributed by atoms with Crippen molar-refractivity contribution >= 4 is 63.0 Å². The molecular weight excluding hydrogens is 439 g/mol. The molecule has 0 aliphatic rings. The van der Waals surface area contributed by atoms with Gasteiger partial charge in [0.2, 0.25) is 0 Å². The highest BCUT2D eigenvalue weighted by atomic mass is 35.5. The van der Waals surface area contributed by atoms with Crippen molar-refractivity contribution in [2.75, 3.05) is 5.32 Å². The van der Waals surface area contributed by atoms with Gasteiger partial charge < -0.3 is 5.32 Å². The highest BCUT2D eigenvalue weighted by Gasteiger charge is 2.26. The first kappa shape index (κ1) is 20.6. The maximum absolute atomic E-state index is 11.8. The number of hydrogen-bond acceptors (Lipinski definition) is 4. The molecule has 3 rings (SSSR count). The molecule has 0 unspecified atom stereocenters. The van der Waals surface area contributed by atoms with Crippen molar-refractivity contribution < 1.29 is 4.92 Å². The van der Waals surface area contributed by atoms with E-state index >= 15 is 0 Å². The minimum absolute atomic E-state index is 0.205. The summed E-state index contributed by atoms with van der Waals surface area (Å²) >= 11 is 18.7. The van der Waals surface area contributed by atoms with Crippen LogP contribution in [-0.2, 0) is 0 Å². The molecule has 0 heterocycles. The number of nitro groups is 1. The number of anilines is 1. The Morgan fingerprint density at radius 3 is 2.21 bits per heavy atom. The third-order valence-electron chi connectivity index (χ3n) is 3.77. The summed E-state index contributed by atoms with van der Waals surface area (Å²) in [6.45, 7) is 0. The number of fused-ring (bicyclic) bond motifs is 1. The summed E-state index contributed by atoms with van der Waals surface area (Å²) < 4.78 is -0.376. The molecule has 4 nitrogen and oxygen atoms in total. The number of nitrogens with zero attached hydrogens (tertiary/aromatic N) is 1. The van der Waals surface area contributed by atoms with Crippen LogP contribution in [0, 0.1) is 10.1 Å². The van der Waals surface area contributed by atoms with Crippen LogP contribution in [-0.4, -0.2) is 4.92 Å². The fourth-order valence-electron chi connectivity index (χ4n) is 2.55. The first-order valence-corrected chi connectivity index (χ1v) is 10.00. The quantitative estimate of drug-likeness (QED) is 0.184. The first-order chi connectivity index (χ1) is 13.5. The van der Waals surface area contributed by atoms with Crippen LogP contribution in [0.5, 0.6) is 0 Å². The summed E-state index contributed by atoms with van der Waals surface area (Å²) in [6.07, 6.45) is 0. The summed E-state index contributed by atoms with van der Waals surface area (Å²) in [6, 6.07) is 22.6. The van der Waals surface area contributed by atoms with Crippen molar-refractivity contribution in [3.63, 3.8) is 0 Å². The number of allylic oxidation sites excluding steroid dienone is 1. The Balaban J connectivity index is 2.16. The molecule has 0 aromatic heterocycles. The molecule has 3 aromatic carbocycles. The van der Waals surface area contributed by atoms with Crippen molar-refractivity contribution in [1.29, 1.82) is 0 Å². The zero-order chi connectivity index (χ0) is 20.1. The topological polar surface area (TPSA) is 55.2 Å². The van der Waals surface area contributed by atoms with Crippen molar-refractivity contribution in [3.05, 3.63) is 103 Å². The molecule has 1 N–H and O–H groups in total. The van der Waals surface area contributed by atoms with E-state index < -0.39 is 10.6 Å². The van der Waals surface area contributed by atoms with Gasteiger partial charge in [0.15, 0.2) is 10.1 Å². The minimum Gasteiger partial charge on any atom is -0.344 e. The average molecular weight is 452 g/mol. The summed E-state index contributed by atoms with van der Waals surface area (Å²) in [7, 11) is 0. The lowest BCUT2D eigenvalue weighted by atomic mass is 10.1. The fraction of sp³-hybridized carbons (Fsp3) is 0. The summed E-state index contributed by atoms with van der Waals surface area (Å²) in [4.78, 5) is 12.0. The highest BCUT2D eigenvalue weighted by molar-refractivity contribution is 8.03. The fourth-order valence-corrected chi connectivity index (χ4v) is 3.91. The summed E-state index contributed by atoms with van der Waals surface area (Å²) in [5.41, 5.74) is 0.300. The number of thioether (sulfide) groups is 1. The molecule has 0 aliphatic heterocycles. The van der Waals surface area contributed by atoms with Crippen LogP contribution in [0.3, 0.4) is 0 Å². The molecule has 142 valence electrons. The van der Waals surface area contributed by atoms with Gasteiger partial charge in [-0.3, -0.25) is 10.1 Å². The van der Waals surface area contributed by atoms with Gasteiger partial charge in [0.25, 0.3) is 0 Å². The average Bonchev–Trinajstić information content (AvgIpc) is 2.68. The van der Waals surface area contributed by atoms with Crippen LogP contribution in [0.25, 0.3) is 10.8 Å². The maximum Gasteiger partial charge on any atom is 0.320 e. The zero-order valence-electron chi connectivity index (χ0n) is 14.2. The van der Waals surface area contributed by atoms with Gasteiger partial charge in [0.1, 0.15) is 4.49 Å². The molecule has 0 radical (unpaired) electrons. The maximum atomic E-state index is 11.8. The van der Waals surface area contributed by atoms with Gasteiger partial charge in [-0.25, -0.2) is 0 Å². The van der Waals surface area contributed by atoms with E-state index in [-0.39, 0.29) is 14.6 Å². The predicted molar refractivity (Wildman–Crippen MR) is 118 cm³/mol. The molecule has 0 fully saturated rings. The van der Waals surface area contributed by atoms with Gasteiger partial charge >= 0.3 is 5.70 Å². The second-order valence-corrected chi connectivity index (χ2v) is 7.99. The van der Waals surface area contributed by atoms with Crippen molar-refractivity contribution in [1.82, 2.24) is 0 Å². The molecule has 0 spiro atoms. The zero-order valence-corrected chi connectivity index (χ0v) is 17.3. The molecule has 28 heavy (non-hydrogen) atoms. The lowest BCUT2D eigenvalue weighted by molar-refractivity contribution is -0.420. The van der Waals surface area contributed by atoms with E-state index in [2.05, 4.69) is 5.32 Å². The highest BCUT2D eigenvalue weighted by Crippen LogP contribution is 2.37. The smallest absolute Gasteiger partial charge is 0.320 e. The van der Waals surface area contributed by atoms with Crippen LogP contribution in [0.2, 0.25) is 0 Å². The van der Waals surface area contributed by atoms with E-state index in [4.69, 9.17) is 34.8 Å². The number of rotatable bonds is 6. The van der Waals surface area contributed by atoms with E-state index in [9.17, 15) is 10.1 Å². The van der Waals surface area contributed by atoms with Gasteiger partial charge in [-0.15, -0.1) is 0 Å². The monoisotopic (exact) mass is 450 g/mol. The predicted octanol–water partition coefficient (Wildman–Crippen LogP) is 7.38. The Bertz CT molecular complexity index is 1080. The standard InChI is InChI=1S/C20H13Cl3N2O2S/c21-17(19(22)23)18(25(26)27)20(28-14-9-2-1-3-10-14)24-16-12-6-8-13-7-4-5-11-15(13)16/h1-12,24H. The number of halogens is 3. The van der Waals surface area contributed by atoms with E-state index in [0.29, 0.717) is 5.69 Å². The molecule has 0 aliphatic carbocycles. The van der Waals surface area contributed by atoms with Crippen LogP contribution in [0.15, 0.2) is 97.9 Å². The molecule has 8 heteroatoms. The second-order valence-electron chi connectivity index (χ2n) is 5.58. The molecule has 0 amide bonds. The van der Waals surface area contributed by atoms with Crippen LogP contribution in [0.1, 0.15) is 0 Å². The lowest BCUT2D eigenvalue weighted by Crippen LogP contribution is -2.09. The SMILES string of the molecule is O=[N+]([O-])C(=C(Nc1cccc2ccccc12)Sc1ccccc1)C(Cl)=C(Cl)Cl. The van der Waals surface area contributed by atoms with Crippen molar-refractivity contribution in [2.24, 2.45) is 0 Å².